The molecule has 2 aromatic carbocycles. The van der Waals surface area contributed by atoms with E-state index in [0.29, 0.717) is 24.5 Å². The van der Waals surface area contributed by atoms with Crippen LogP contribution in [0.15, 0.2) is 42.5 Å². The van der Waals surface area contributed by atoms with Crippen molar-refractivity contribution in [3.05, 3.63) is 63.8 Å². The van der Waals surface area contributed by atoms with Crippen LogP contribution in [0.1, 0.15) is 29.9 Å². The topological polar surface area (TPSA) is 86.4 Å². The lowest BCUT2D eigenvalue weighted by molar-refractivity contribution is -0.384. The van der Waals surface area contributed by atoms with Crippen LogP contribution in [0, 0.1) is 17.0 Å². The minimum absolute atomic E-state index is 0.0677. The quantitative estimate of drug-likeness (QED) is 0.512. The molecule has 1 heterocycles. The predicted molar refractivity (Wildman–Crippen MR) is 105 cm³/mol. The van der Waals surface area contributed by atoms with Crippen LogP contribution in [0.5, 0.6) is 5.75 Å². The smallest absolute Gasteiger partial charge is 0.272 e. The van der Waals surface area contributed by atoms with Crippen LogP contribution in [-0.2, 0) is 6.54 Å². The van der Waals surface area contributed by atoms with E-state index < -0.39 is 4.92 Å². The van der Waals surface area contributed by atoms with Gasteiger partial charge in [0.15, 0.2) is 0 Å². The number of benzene rings is 2. The first-order chi connectivity index (χ1) is 13.0. The van der Waals surface area contributed by atoms with Crippen LogP contribution in [0.3, 0.4) is 0 Å². The SMILES string of the molecule is CCOc1ccc2c(c1)c(C)c(C(=O)Nc1cccc([N+](=O)[O-])c1)n2CC. The maximum Gasteiger partial charge on any atom is 0.272 e. The highest BCUT2D eigenvalue weighted by atomic mass is 16.6. The van der Waals surface area contributed by atoms with Gasteiger partial charge >= 0.3 is 0 Å². The molecule has 0 aliphatic rings. The molecule has 0 saturated carbocycles. The van der Waals surface area contributed by atoms with Gasteiger partial charge in [0.25, 0.3) is 11.6 Å². The van der Waals surface area contributed by atoms with E-state index in [4.69, 9.17) is 4.74 Å². The molecule has 0 fully saturated rings. The Kier molecular flexibility index (Phi) is 5.12. The lowest BCUT2D eigenvalue weighted by Gasteiger charge is -2.10. The summed E-state index contributed by atoms with van der Waals surface area (Å²) in [6, 6.07) is 11.7. The second kappa shape index (κ2) is 7.49. The van der Waals surface area contributed by atoms with E-state index in [9.17, 15) is 14.9 Å². The number of hydrogen-bond donors (Lipinski definition) is 1. The van der Waals surface area contributed by atoms with Gasteiger partial charge in [0, 0.05) is 35.3 Å². The zero-order valence-electron chi connectivity index (χ0n) is 15.5. The van der Waals surface area contributed by atoms with Gasteiger partial charge in [0.05, 0.1) is 11.5 Å². The fourth-order valence-corrected chi connectivity index (χ4v) is 3.27. The van der Waals surface area contributed by atoms with Gasteiger partial charge in [-0.1, -0.05) is 6.07 Å². The van der Waals surface area contributed by atoms with Crippen molar-refractivity contribution in [1.82, 2.24) is 4.57 Å². The van der Waals surface area contributed by atoms with Gasteiger partial charge in [-0.2, -0.15) is 0 Å². The highest BCUT2D eigenvalue weighted by Gasteiger charge is 2.20. The van der Waals surface area contributed by atoms with Crippen LogP contribution in [0.4, 0.5) is 11.4 Å². The zero-order valence-corrected chi connectivity index (χ0v) is 15.5. The van der Waals surface area contributed by atoms with E-state index in [1.165, 1.54) is 12.1 Å². The van der Waals surface area contributed by atoms with E-state index in [-0.39, 0.29) is 11.6 Å². The Balaban J connectivity index is 2.02. The number of nitrogens with one attached hydrogen (secondary N) is 1. The van der Waals surface area contributed by atoms with Gasteiger partial charge in [-0.3, -0.25) is 14.9 Å². The number of nitro groups is 1. The second-order valence-electron chi connectivity index (χ2n) is 6.09. The highest BCUT2D eigenvalue weighted by molar-refractivity contribution is 6.08. The van der Waals surface area contributed by atoms with Crippen molar-refractivity contribution >= 4 is 28.2 Å². The third kappa shape index (κ3) is 3.48. The van der Waals surface area contributed by atoms with Gasteiger partial charge in [0.2, 0.25) is 0 Å². The lowest BCUT2D eigenvalue weighted by atomic mass is 10.1. The molecule has 7 nitrogen and oxygen atoms in total. The molecule has 0 aliphatic heterocycles. The summed E-state index contributed by atoms with van der Waals surface area (Å²) in [5.41, 5.74) is 2.64. The summed E-state index contributed by atoms with van der Waals surface area (Å²) in [4.78, 5) is 23.4. The van der Waals surface area contributed by atoms with E-state index in [1.54, 1.807) is 12.1 Å². The Morgan fingerprint density at radius 1 is 1.22 bits per heavy atom. The summed E-state index contributed by atoms with van der Waals surface area (Å²) in [7, 11) is 0. The number of amides is 1. The average molecular weight is 367 g/mol. The van der Waals surface area contributed by atoms with Crippen molar-refractivity contribution in [3.8, 4) is 5.75 Å². The molecule has 3 aromatic rings. The van der Waals surface area contributed by atoms with Crippen LogP contribution < -0.4 is 10.1 Å². The molecule has 0 saturated heterocycles. The number of carbonyl (C=O) groups excluding carboxylic acids is 1. The molecule has 140 valence electrons. The first kappa shape index (κ1) is 18.4. The van der Waals surface area contributed by atoms with Crippen LogP contribution in [0.25, 0.3) is 10.9 Å². The number of ether oxygens (including phenoxy) is 1. The third-order valence-electron chi connectivity index (χ3n) is 4.45. The minimum Gasteiger partial charge on any atom is -0.494 e. The molecule has 0 atom stereocenters. The number of aromatic nitrogens is 1. The molecular weight excluding hydrogens is 346 g/mol. The van der Waals surface area contributed by atoms with Crippen molar-refractivity contribution in [2.45, 2.75) is 27.3 Å². The second-order valence-corrected chi connectivity index (χ2v) is 6.09. The van der Waals surface area contributed by atoms with Crippen molar-refractivity contribution in [2.24, 2.45) is 0 Å². The zero-order chi connectivity index (χ0) is 19.6. The van der Waals surface area contributed by atoms with Gasteiger partial charge < -0.3 is 14.6 Å². The molecule has 7 heteroatoms. The van der Waals surface area contributed by atoms with Crippen molar-refractivity contribution in [3.63, 3.8) is 0 Å². The molecule has 3 rings (SSSR count). The maximum absolute atomic E-state index is 12.9. The van der Waals surface area contributed by atoms with Gasteiger partial charge in [-0.25, -0.2) is 0 Å². The molecule has 0 radical (unpaired) electrons. The molecule has 1 aromatic heterocycles. The first-order valence-corrected chi connectivity index (χ1v) is 8.77. The molecule has 0 spiro atoms. The number of nitrogens with zero attached hydrogens (tertiary/aromatic N) is 2. The van der Waals surface area contributed by atoms with Crippen molar-refractivity contribution < 1.29 is 14.5 Å². The maximum atomic E-state index is 12.9. The summed E-state index contributed by atoms with van der Waals surface area (Å²) in [5.74, 6) is 0.455. The molecule has 0 bridgehead atoms. The highest BCUT2D eigenvalue weighted by Crippen LogP contribution is 2.30. The van der Waals surface area contributed by atoms with Crippen LogP contribution in [0.2, 0.25) is 0 Å². The Morgan fingerprint density at radius 2 is 2.00 bits per heavy atom. The van der Waals surface area contributed by atoms with Crippen LogP contribution in [-0.4, -0.2) is 22.0 Å². The fourth-order valence-electron chi connectivity index (χ4n) is 3.27. The van der Waals surface area contributed by atoms with Gasteiger partial charge in [-0.15, -0.1) is 0 Å². The number of nitro benzene ring substituents is 1. The molecule has 0 unspecified atom stereocenters. The monoisotopic (exact) mass is 367 g/mol. The number of rotatable bonds is 6. The molecular formula is C20H21N3O4. The number of fused-ring (bicyclic) bond motifs is 1. The Bertz CT molecular complexity index is 1020. The summed E-state index contributed by atoms with van der Waals surface area (Å²) in [6.07, 6.45) is 0. The number of carbonyl (C=O) groups is 1. The van der Waals surface area contributed by atoms with Crippen molar-refractivity contribution in [1.29, 1.82) is 0 Å². The number of non-ortho nitro benzene ring substituents is 1. The lowest BCUT2D eigenvalue weighted by Crippen LogP contribution is -2.17. The number of hydrogen-bond acceptors (Lipinski definition) is 4. The Labute approximate surface area is 156 Å². The molecule has 0 aliphatic carbocycles. The van der Waals surface area contributed by atoms with E-state index >= 15 is 0 Å². The van der Waals surface area contributed by atoms with Gasteiger partial charge in [-0.05, 0) is 50.6 Å². The number of anilines is 1. The Hall–Kier alpha value is -3.35. The molecule has 1 N–H and O–H groups in total. The third-order valence-corrected chi connectivity index (χ3v) is 4.45. The van der Waals surface area contributed by atoms with Gasteiger partial charge in [0.1, 0.15) is 11.4 Å². The van der Waals surface area contributed by atoms with Crippen LogP contribution >= 0.6 is 0 Å². The molecule has 27 heavy (non-hydrogen) atoms. The summed E-state index contributed by atoms with van der Waals surface area (Å²) in [6.45, 7) is 6.98. The largest absolute Gasteiger partial charge is 0.494 e. The van der Waals surface area contributed by atoms with E-state index in [2.05, 4.69) is 5.32 Å². The standard InChI is InChI=1S/C20H21N3O4/c1-4-22-18-10-9-16(27-5-2)12-17(18)13(3)19(22)20(24)21-14-7-6-8-15(11-14)23(25)26/h6-12H,4-5H2,1-3H3,(H,21,24). The average Bonchev–Trinajstić information content (AvgIpc) is 2.94. The van der Waals surface area contributed by atoms with E-state index in [1.807, 2.05) is 43.5 Å². The van der Waals surface area contributed by atoms with E-state index in [0.717, 1.165) is 22.2 Å². The Morgan fingerprint density at radius 3 is 2.67 bits per heavy atom. The predicted octanol–water partition coefficient (Wildman–Crippen LogP) is 4.53. The molecule has 1 amide bonds. The summed E-state index contributed by atoms with van der Waals surface area (Å²) < 4.78 is 7.51. The summed E-state index contributed by atoms with van der Waals surface area (Å²) in [5, 5.41) is 14.7. The minimum atomic E-state index is -0.487. The summed E-state index contributed by atoms with van der Waals surface area (Å²) >= 11 is 0. The van der Waals surface area contributed by atoms with Crippen molar-refractivity contribution in [2.75, 3.05) is 11.9 Å². The normalized spacial score (nSPS) is 10.8. The first-order valence-electron chi connectivity index (χ1n) is 8.77. The fraction of sp³-hybridized carbons (Fsp3) is 0.250. The number of aryl methyl sites for hydroxylation is 2.